The number of aryl methyl sites for hydroxylation is 2. The van der Waals surface area contributed by atoms with E-state index in [1.165, 1.54) is 11.6 Å². The lowest BCUT2D eigenvalue weighted by Gasteiger charge is -2.02. The molecule has 1 aromatic carbocycles. The van der Waals surface area contributed by atoms with E-state index < -0.39 is 0 Å². The molecular weight excluding hydrogens is 395 g/mol. The van der Waals surface area contributed by atoms with E-state index in [2.05, 4.69) is 0 Å². The number of rotatable bonds is 2. The molecule has 0 fully saturated rings. The lowest BCUT2D eigenvalue weighted by molar-refractivity contribution is -0.648. The molecule has 0 unspecified atom stereocenters. The zero-order chi connectivity index (χ0) is 15.1. The predicted octanol–water partition coefficient (Wildman–Crippen LogP) is -3.08. The Morgan fingerprint density at radius 2 is 1.68 bits per heavy atom. The average molecular weight is 412 g/mol. The lowest BCUT2D eigenvalue weighted by atomic mass is 10.2. The van der Waals surface area contributed by atoms with Gasteiger partial charge in [-0.1, -0.05) is 30.3 Å². The van der Waals surface area contributed by atoms with E-state index in [9.17, 15) is 9.59 Å². The number of aromatic nitrogens is 4. The molecule has 116 valence electrons. The molecule has 3 rings (SSSR count). The minimum atomic E-state index is -0.319. The highest BCUT2D eigenvalue weighted by molar-refractivity contribution is 5.66. The van der Waals surface area contributed by atoms with Crippen molar-refractivity contribution in [3.63, 3.8) is 0 Å². The summed E-state index contributed by atoms with van der Waals surface area (Å²) in [6, 6.07) is 9.92. The van der Waals surface area contributed by atoms with Gasteiger partial charge >= 0.3 is 11.2 Å². The van der Waals surface area contributed by atoms with Crippen molar-refractivity contribution < 1.29 is 28.5 Å². The van der Waals surface area contributed by atoms with Gasteiger partial charge < -0.3 is 24.0 Å². The molecule has 6 nitrogen and oxygen atoms in total. The fraction of sp³-hybridized carbons (Fsp3) is 0.267. The Hall–Kier alpha value is -1.90. The van der Waals surface area contributed by atoms with Crippen LogP contribution in [0.25, 0.3) is 11.2 Å². The third-order valence-electron chi connectivity index (χ3n) is 3.74. The van der Waals surface area contributed by atoms with Crippen LogP contribution in [0.5, 0.6) is 0 Å². The monoisotopic (exact) mass is 412 g/mol. The molecule has 0 radical (unpaired) electrons. The van der Waals surface area contributed by atoms with Gasteiger partial charge in [0.1, 0.15) is 0 Å². The van der Waals surface area contributed by atoms with E-state index >= 15 is 0 Å². The predicted molar refractivity (Wildman–Crippen MR) is 79.1 cm³/mol. The van der Waals surface area contributed by atoms with Gasteiger partial charge in [-0.3, -0.25) is 9.36 Å². The first-order valence-electron chi connectivity index (χ1n) is 6.69. The molecule has 0 aliphatic carbocycles. The van der Waals surface area contributed by atoms with Crippen LogP contribution in [0.3, 0.4) is 0 Å². The number of nitrogens with zero attached hydrogens (tertiary/aromatic N) is 4. The minimum absolute atomic E-state index is 0. The Kier molecular flexibility index (Phi) is 4.55. The van der Waals surface area contributed by atoms with E-state index in [1.54, 1.807) is 11.6 Å². The van der Waals surface area contributed by atoms with E-state index in [4.69, 9.17) is 0 Å². The van der Waals surface area contributed by atoms with Crippen LogP contribution < -0.4 is 39.8 Å². The molecule has 0 bridgehead atoms. The van der Waals surface area contributed by atoms with Crippen LogP contribution in [-0.4, -0.2) is 13.7 Å². The number of benzene rings is 1. The zero-order valence-electron chi connectivity index (χ0n) is 12.7. The highest BCUT2D eigenvalue weighted by Gasteiger charge is 2.22. The summed E-state index contributed by atoms with van der Waals surface area (Å²) in [5, 5.41) is 0. The molecule has 2 heterocycles. The molecule has 0 amide bonds. The van der Waals surface area contributed by atoms with Crippen molar-refractivity contribution in [3.05, 3.63) is 63.1 Å². The fourth-order valence-electron chi connectivity index (χ4n) is 2.69. The SMILES string of the molecule is Cn1c(=O)c2c(n(C)c1=O)[n+](C)cn2Cc1ccccc1.[I-]. The smallest absolute Gasteiger partial charge is 0.388 e. The normalized spacial score (nSPS) is 10.7. The maximum atomic E-state index is 12.4. The van der Waals surface area contributed by atoms with Gasteiger partial charge in [-0.25, -0.2) is 18.5 Å². The topological polar surface area (TPSA) is 52.8 Å². The molecule has 3 aromatic rings. The second-order valence-corrected chi connectivity index (χ2v) is 5.22. The number of fused-ring (bicyclic) bond motifs is 1. The molecule has 0 spiro atoms. The Bertz CT molecular complexity index is 938. The molecular formula is C15H17IN4O2. The van der Waals surface area contributed by atoms with Crippen molar-refractivity contribution in [2.75, 3.05) is 0 Å². The Labute approximate surface area is 144 Å². The van der Waals surface area contributed by atoms with Gasteiger partial charge in [-0.05, 0) is 5.56 Å². The number of imidazole rings is 1. The summed E-state index contributed by atoms with van der Waals surface area (Å²) in [4.78, 5) is 24.5. The second kappa shape index (κ2) is 6.07. The number of halogens is 1. The summed E-state index contributed by atoms with van der Waals surface area (Å²) < 4.78 is 6.33. The van der Waals surface area contributed by atoms with Crippen molar-refractivity contribution in [2.45, 2.75) is 6.54 Å². The molecule has 0 atom stereocenters. The maximum absolute atomic E-state index is 12.4. The second-order valence-electron chi connectivity index (χ2n) is 5.22. The third-order valence-corrected chi connectivity index (χ3v) is 3.74. The van der Waals surface area contributed by atoms with Crippen molar-refractivity contribution in [1.29, 1.82) is 0 Å². The van der Waals surface area contributed by atoms with E-state index in [-0.39, 0.29) is 35.2 Å². The van der Waals surface area contributed by atoms with E-state index in [0.717, 1.165) is 10.1 Å². The van der Waals surface area contributed by atoms with Crippen LogP contribution >= 0.6 is 0 Å². The van der Waals surface area contributed by atoms with Crippen LogP contribution in [-0.2, 0) is 27.7 Å². The van der Waals surface area contributed by atoms with Gasteiger partial charge in [-0.2, -0.15) is 0 Å². The van der Waals surface area contributed by atoms with Crippen LogP contribution in [0.4, 0.5) is 0 Å². The van der Waals surface area contributed by atoms with Gasteiger partial charge in [0, 0.05) is 7.05 Å². The summed E-state index contributed by atoms with van der Waals surface area (Å²) in [6.45, 7) is 0.589. The molecule has 2 aromatic heterocycles. The van der Waals surface area contributed by atoms with Crippen molar-refractivity contribution in [1.82, 2.24) is 13.7 Å². The highest BCUT2D eigenvalue weighted by atomic mass is 127. The van der Waals surface area contributed by atoms with Crippen molar-refractivity contribution in [2.24, 2.45) is 21.1 Å². The van der Waals surface area contributed by atoms with E-state index in [0.29, 0.717) is 17.7 Å². The summed E-state index contributed by atoms with van der Waals surface area (Å²) in [6.07, 6.45) is 1.85. The molecule has 0 aliphatic heterocycles. The van der Waals surface area contributed by atoms with Gasteiger partial charge in [0.05, 0.1) is 20.6 Å². The van der Waals surface area contributed by atoms with Crippen LogP contribution in [0.1, 0.15) is 5.56 Å². The zero-order valence-corrected chi connectivity index (χ0v) is 14.8. The first-order valence-corrected chi connectivity index (χ1v) is 6.69. The molecule has 7 heteroatoms. The molecule has 0 saturated heterocycles. The van der Waals surface area contributed by atoms with Gasteiger partial charge in [0.15, 0.2) is 6.33 Å². The summed E-state index contributed by atoms with van der Waals surface area (Å²) in [7, 11) is 5.02. The fourth-order valence-corrected chi connectivity index (χ4v) is 2.69. The third kappa shape index (κ3) is 2.49. The number of hydrogen-bond acceptors (Lipinski definition) is 2. The van der Waals surface area contributed by atoms with E-state index in [1.807, 2.05) is 48.3 Å². The van der Waals surface area contributed by atoms with Crippen molar-refractivity contribution in [3.8, 4) is 0 Å². The quantitative estimate of drug-likeness (QED) is 0.331. The first-order chi connectivity index (χ1) is 10.0. The Balaban J connectivity index is 0.00000176. The first kappa shape index (κ1) is 16.5. The Morgan fingerprint density at radius 3 is 2.32 bits per heavy atom. The van der Waals surface area contributed by atoms with Crippen LogP contribution in [0.2, 0.25) is 0 Å². The summed E-state index contributed by atoms with van der Waals surface area (Å²) >= 11 is 0. The largest absolute Gasteiger partial charge is 1.00 e. The van der Waals surface area contributed by atoms with Gasteiger partial charge in [0.2, 0.25) is 5.52 Å². The average Bonchev–Trinajstić information content (AvgIpc) is 2.80. The Morgan fingerprint density at radius 1 is 1.05 bits per heavy atom. The molecule has 0 aliphatic rings. The molecule has 22 heavy (non-hydrogen) atoms. The minimum Gasteiger partial charge on any atom is -1.00 e. The number of hydrogen-bond donors (Lipinski definition) is 0. The summed E-state index contributed by atoms with van der Waals surface area (Å²) in [5.74, 6) is 0. The molecule has 0 N–H and O–H groups in total. The van der Waals surface area contributed by atoms with Crippen LogP contribution in [0.15, 0.2) is 46.2 Å². The van der Waals surface area contributed by atoms with Gasteiger partial charge in [0.25, 0.3) is 5.65 Å². The van der Waals surface area contributed by atoms with Gasteiger partial charge in [-0.15, -0.1) is 0 Å². The van der Waals surface area contributed by atoms with Crippen molar-refractivity contribution >= 4 is 11.2 Å². The standard InChI is InChI=1S/C15H17N4O2.HI/c1-16-10-19(9-11-7-5-4-6-8-11)12-13(16)17(2)15(21)18(3)14(12)20;/h4-8,10H,9H2,1-3H3;1H/q+1;/p-1. The lowest BCUT2D eigenvalue weighted by Crippen LogP contribution is -3.00. The molecule has 0 saturated carbocycles. The summed E-state index contributed by atoms with van der Waals surface area (Å²) in [5.41, 5.74) is 1.67. The highest BCUT2D eigenvalue weighted by Crippen LogP contribution is 2.07. The maximum Gasteiger partial charge on any atom is 0.388 e. The van der Waals surface area contributed by atoms with Crippen LogP contribution in [0, 0.1) is 0 Å².